The molecule has 8 heteroatoms. The van der Waals surface area contributed by atoms with Gasteiger partial charge in [-0.3, -0.25) is 9.80 Å². The van der Waals surface area contributed by atoms with Crippen molar-refractivity contribution >= 4 is 14.2 Å². The summed E-state index contributed by atoms with van der Waals surface area (Å²) in [5, 5.41) is 0. The molecule has 0 radical (unpaired) electrons. The van der Waals surface area contributed by atoms with Crippen LogP contribution in [0.3, 0.4) is 0 Å². The van der Waals surface area contributed by atoms with Gasteiger partial charge in [-0.1, -0.05) is 71.9 Å². The second-order valence-electron chi connectivity index (χ2n) is 12.2. The van der Waals surface area contributed by atoms with E-state index < -0.39 is 44.2 Å². The van der Waals surface area contributed by atoms with Crippen LogP contribution in [0.5, 0.6) is 0 Å². The van der Waals surface area contributed by atoms with Crippen LogP contribution in [0.2, 0.25) is 16.6 Å². The molecule has 1 aromatic rings. The molecule has 1 heterocycles. The number of halogens is 3. The number of alkyl halides is 3. The smallest absolute Gasteiger partial charge is 0.422 e. The number of carbonyl (C=O) groups is 1. The molecule has 1 fully saturated rings. The molecule has 4 nitrogen and oxygen atoms in total. The zero-order valence-electron chi connectivity index (χ0n) is 24.1. The fourth-order valence-electron chi connectivity index (χ4n) is 5.95. The van der Waals surface area contributed by atoms with Gasteiger partial charge in [0, 0.05) is 19.0 Å². The molecule has 3 atom stereocenters. The van der Waals surface area contributed by atoms with Crippen molar-refractivity contribution < 1.29 is 22.7 Å². The minimum Gasteiger partial charge on any atom is -0.444 e. The van der Waals surface area contributed by atoms with Crippen molar-refractivity contribution in [2.45, 2.75) is 129 Å². The summed E-state index contributed by atoms with van der Waals surface area (Å²) in [6.45, 7) is 20.0. The Bertz CT molecular complexity index is 940. The summed E-state index contributed by atoms with van der Waals surface area (Å²) in [6, 6.07) is 7.73. The van der Waals surface area contributed by atoms with E-state index in [1.165, 1.54) is 4.90 Å². The molecule has 1 aliphatic rings. The maximum Gasteiger partial charge on any atom is 0.422 e. The molecule has 1 aromatic carbocycles. The van der Waals surface area contributed by atoms with Crippen LogP contribution >= 0.6 is 0 Å². The average molecular weight is 539 g/mol. The normalized spacial score (nSPS) is 21.5. The van der Waals surface area contributed by atoms with Gasteiger partial charge in [0.2, 0.25) is 0 Å². The Balaban J connectivity index is 2.57. The van der Waals surface area contributed by atoms with Gasteiger partial charge >= 0.3 is 12.3 Å². The van der Waals surface area contributed by atoms with Crippen LogP contribution in [-0.4, -0.2) is 54.0 Å². The molecule has 0 spiro atoms. The maximum atomic E-state index is 14.6. The minimum absolute atomic E-state index is 0.0675. The van der Waals surface area contributed by atoms with Crippen LogP contribution in [0.25, 0.3) is 0 Å². The highest BCUT2D eigenvalue weighted by Crippen LogP contribution is 2.42. The number of amides is 1. The monoisotopic (exact) mass is 538 g/mol. The highest BCUT2D eigenvalue weighted by Gasteiger charge is 2.59. The molecule has 1 aliphatic heterocycles. The van der Waals surface area contributed by atoms with E-state index in [0.717, 1.165) is 10.5 Å². The summed E-state index contributed by atoms with van der Waals surface area (Å²) in [6.07, 6.45) is -7.54. The summed E-state index contributed by atoms with van der Waals surface area (Å²) >= 11 is 0. The summed E-state index contributed by atoms with van der Waals surface area (Å²) in [5.41, 5.74) is 4.66. The highest BCUT2D eigenvalue weighted by molar-refractivity contribution is 6.90. The van der Waals surface area contributed by atoms with Crippen molar-refractivity contribution in [3.05, 3.63) is 35.9 Å². The number of hydrogen-bond donors (Lipinski definition) is 0. The van der Waals surface area contributed by atoms with E-state index in [1.807, 2.05) is 6.07 Å². The molecular weight excluding hydrogens is 493 g/mol. The van der Waals surface area contributed by atoms with Gasteiger partial charge in [-0.05, 0) is 49.9 Å². The summed E-state index contributed by atoms with van der Waals surface area (Å²) in [4.78, 5) is 15.6. The highest BCUT2D eigenvalue weighted by atomic mass is 28.3. The number of benzene rings is 1. The van der Waals surface area contributed by atoms with Crippen molar-refractivity contribution in [2.24, 2.45) is 0 Å². The number of rotatable bonds is 6. The third kappa shape index (κ3) is 7.11. The van der Waals surface area contributed by atoms with Crippen molar-refractivity contribution in [3.8, 4) is 11.5 Å². The minimum atomic E-state index is -4.66. The van der Waals surface area contributed by atoms with Crippen molar-refractivity contribution in [1.82, 2.24) is 9.80 Å². The molecule has 0 N–H and O–H groups in total. The lowest BCUT2D eigenvalue weighted by Crippen LogP contribution is -2.54. The van der Waals surface area contributed by atoms with E-state index in [9.17, 15) is 18.0 Å². The van der Waals surface area contributed by atoms with Crippen LogP contribution in [0.1, 0.15) is 81.2 Å². The Kier molecular flexibility index (Phi) is 9.98. The first kappa shape index (κ1) is 31.2. The first-order valence-electron chi connectivity index (χ1n) is 13.3. The first-order valence-corrected chi connectivity index (χ1v) is 15.5. The molecular formula is C29H45F3N2O2Si. The fraction of sp³-hybridized carbons (Fsp3) is 0.690. The molecule has 37 heavy (non-hydrogen) atoms. The first-order chi connectivity index (χ1) is 16.9. The molecule has 0 saturated carbocycles. The quantitative estimate of drug-likeness (QED) is 0.272. The van der Waals surface area contributed by atoms with Gasteiger partial charge in [0.05, 0.1) is 6.04 Å². The summed E-state index contributed by atoms with van der Waals surface area (Å²) < 4.78 is 49.3. The largest absolute Gasteiger partial charge is 0.444 e. The SMILES string of the molecule is CC(C)[Si](C#CC[C@H]1[C@H](C)N(Cc2ccccc2)[C@@H](C(F)(F)F)N1C(=O)OC(C)(C)C)(C(C)C)C(C)C. The molecule has 1 amide bonds. The number of hydrogen-bond acceptors (Lipinski definition) is 3. The third-order valence-corrected chi connectivity index (χ3v) is 13.9. The molecule has 0 aromatic heterocycles. The van der Waals surface area contributed by atoms with E-state index in [4.69, 9.17) is 4.74 Å². The lowest BCUT2D eigenvalue weighted by atomic mass is 10.1. The Morgan fingerprint density at radius 3 is 1.95 bits per heavy atom. The number of ether oxygens (including phenoxy) is 1. The van der Waals surface area contributed by atoms with E-state index in [-0.39, 0.29) is 13.0 Å². The van der Waals surface area contributed by atoms with Crippen LogP contribution in [0, 0.1) is 11.5 Å². The summed E-state index contributed by atoms with van der Waals surface area (Å²) in [5.74, 6) is 3.32. The van der Waals surface area contributed by atoms with Crippen LogP contribution < -0.4 is 0 Å². The zero-order chi connectivity index (χ0) is 28.3. The molecule has 0 aliphatic carbocycles. The van der Waals surface area contributed by atoms with Gasteiger partial charge in [-0.2, -0.15) is 13.2 Å². The zero-order valence-corrected chi connectivity index (χ0v) is 25.1. The maximum absolute atomic E-state index is 14.6. The van der Waals surface area contributed by atoms with E-state index >= 15 is 0 Å². The molecule has 1 saturated heterocycles. The summed E-state index contributed by atoms with van der Waals surface area (Å²) in [7, 11) is -2.07. The van der Waals surface area contributed by atoms with Gasteiger partial charge in [0.25, 0.3) is 0 Å². The molecule has 0 bridgehead atoms. The average Bonchev–Trinajstić information content (AvgIpc) is 3.02. The van der Waals surface area contributed by atoms with Crippen LogP contribution in [0.15, 0.2) is 30.3 Å². The Labute approximate surface area is 222 Å². The predicted molar refractivity (Wildman–Crippen MR) is 147 cm³/mol. The number of nitrogens with zero attached hydrogens (tertiary/aromatic N) is 2. The Morgan fingerprint density at radius 1 is 1.00 bits per heavy atom. The fourth-order valence-corrected chi connectivity index (χ4v) is 11.2. The third-order valence-electron chi connectivity index (χ3n) is 7.60. The molecule has 2 rings (SSSR count). The second-order valence-corrected chi connectivity index (χ2v) is 17.8. The lowest BCUT2D eigenvalue weighted by molar-refractivity contribution is -0.208. The van der Waals surface area contributed by atoms with Gasteiger partial charge in [-0.25, -0.2) is 4.79 Å². The lowest BCUT2D eigenvalue weighted by Gasteiger charge is -2.38. The predicted octanol–water partition coefficient (Wildman–Crippen LogP) is 8.00. The van der Waals surface area contributed by atoms with Crippen molar-refractivity contribution in [1.29, 1.82) is 0 Å². The van der Waals surface area contributed by atoms with Gasteiger partial charge in [0.15, 0.2) is 6.17 Å². The van der Waals surface area contributed by atoms with Crippen molar-refractivity contribution in [2.75, 3.05) is 0 Å². The number of carbonyl (C=O) groups excluding carboxylic acids is 1. The van der Waals surface area contributed by atoms with E-state index in [0.29, 0.717) is 16.6 Å². The molecule has 208 valence electrons. The van der Waals surface area contributed by atoms with Gasteiger partial charge in [0.1, 0.15) is 13.7 Å². The van der Waals surface area contributed by atoms with E-state index in [2.05, 4.69) is 53.0 Å². The standard InChI is InChI=1S/C29H45F3N2O2Si/c1-20(2)37(21(3)4,22(5)6)18-14-17-25-23(7)33(19-24-15-12-11-13-16-24)26(29(30,31)32)34(25)27(35)36-28(8,9)10/h11-13,15-16,20-23,25-26H,17,19H2,1-10H3/t23-,25-,26+/m0/s1. The van der Waals surface area contributed by atoms with Crippen LogP contribution in [0.4, 0.5) is 18.0 Å². The second kappa shape index (κ2) is 11.8. The van der Waals surface area contributed by atoms with E-state index in [1.54, 1.807) is 52.0 Å². The van der Waals surface area contributed by atoms with Crippen molar-refractivity contribution in [3.63, 3.8) is 0 Å². The Hall–Kier alpha value is -1.98. The van der Waals surface area contributed by atoms with Crippen LogP contribution in [-0.2, 0) is 11.3 Å². The topological polar surface area (TPSA) is 32.8 Å². The van der Waals surface area contributed by atoms with Gasteiger partial charge in [-0.15, -0.1) is 11.5 Å². The molecule has 0 unspecified atom stereocenters. The Morgan fingerprint density at radius 2 is 1.51 bits per heavy atom. The van der Waals surface area contributed by atoms with Gasteiger partial charge < -0.3 is 4.74 Å².